The van der Waals surface area contributed by atoms with Crippen molar-refractivity contribution in [2.75, 3.05) is 6.54 Å². The van der Waals surface area contributed by atoms with E-state index in [0.29, 0.717) is 13.0 Å². The Morgan fingerprint density at radius 2 is 1.84 bits per heavy atom. The molecule has 0 bridgehead atoms. The fourth-order valence-corrected chi connectivity index (χ4v) is 4.56. The van der Waals surface area contributed by atoms with Gasteiger partial charge in [-0.15, -0.1) is 11.3 Å². The van der Waals surface area contributed by atoms with Gasteiger partial charge in [0.1, 0.15) is 6.04 Å². The van der Waals surface area contributed by atoms with Crippen LogP contribution in [-0.4, -0.2) is 40.3 Å². The molecule has 1 unspecified atom stereocenters. The van der Waals surface area contributed by atoms with E-state index in [0.717, 1.165) is 28.1 Å². The van der Waals surface area contributed by atoms with Crippen molar-refractivity contribution >= 4 is 23.2 Å². The molecule has 2 amide bonds. The van der Waals surface area contributed by atoms with Gasteiger partial charge in [-0.05, 0) is 43.2 Å². The lowest BCUT2D eigenvalue weighted by Crippen LogP contribution is -2.55. The van der Waals surface area contributed by atoms with Crippen molar-refractivity contribution in [3.8, 4) is 10.4 Å². The van der Waals surface area contributed by atoms with Crippen LogP contribution in [0, 0.1) is 12.3 Å². The number of rotatable bonds is 5. The summed E-state index contributed by atoms with van der Waals surface area (Å²) in [7, 11) is 0. The van der Waals surface area contributed by atoms with Crippen LogP contribution in [0.1, 0.15) is 71.7 Å². The summed E-state index contributed by atoms with van der Waals surface area (Å²) in [6, 6.07) is 6.97. The Bertz CT molecular complexity index is 901. The van der Waals surface area contributed by atoms with E-state index < -0.39 is 12.1 Å². The van der Waals surface area contributed by atoms with Crippen LogP contribution in [0.5, 0.6) is 0 Å². The van der Waals surface area contributed by atoms with Crippen LogP contribution in [-0.2, 0) is 9.59 Å². The number of nitrogens with one attached hydrogen (secondary N) is 1. The molecule has 1 fully saturated rings. The minimum atomic E-state index is -0.619. The van der Waals surface area contributed by atoms with Crippen molar-refractivity contribution in [3.63, 3.8) is 0 Å². The van der Waals surface area contributed by atoms with Gasteiger partial charge in [0.15, 0.2) is 0 Å². The molecule has 0 radical (unpaired) electrons. The molecule has 176 valence electrons. The molecule has 1 aromatic carbocycles. The Balaban J connectivity index is 0.00000176. The van der Waals surface area contributed by atoms with E-state index in [1.807, 2.05) is 66.1 Å². The van der Waals surface area contributed by atoms with Crippen LogP contribution < -0.4 is 11.1 Å². The molecule has 1 aromatic heterocycles. The number of carbonyl (C=O) groups is 2. The Labute approximate surface area is 196 Å². The topological polar surface area (TPSA) is 88.3 Å². The predicted octanol–water partition coefficient (Wildman–Crippen LogP) is 4.69. The van der Waals surface area contributed by atoms with E-state index in [2.05, 4.69) is 22.4 Å². The largest absolute Gasteiger partial charge is 0.348 e. The number of aromatic nitrogens is 1. The highest BCUT2D eigenvalue weighted by molar-refractivity contribution is 7.13. The molecule has 32 heavy (non-hydrogen) atoms. The fraction of sp³-hybridized carbons (Fsp3) is 0.560. The lowest BCUT2D eigenvalue weighted by molar-refractivity contribution is -0.141. The first-order valence-corrected chi connectivity index (χ1v) is 12.3. The van der Waals surface area contributed by atoms with E-state index >= 15 is 0 Å². The number of hydrogen-bond acceptors (Lipinski definition) is 5. The van der Waals surface area contributed by atoms with Gasteiger partial charge in [-0.3, -0.25) is 9.59 Å². The number of nitrogens with two attached hydrogens (primary N) is 1. The third-order valence-corrected chi connectivity index (χ3v) is 6.79. The Morgan fingerprint density at radius 1 is 1.22 bits per heavy atom. The van der Waals surface area contributed by atoms with Gasteiger partial charge in [0, 0.05) is 6.54 Å². The minimum Gasteiger partial charge on any atom is -0.348 e. The van der Waals surface area contributed by atoms with Gasteiger partial charge in [0.2, 0.25) is 11.8 Å². The van der Waals surface area contributed by atoms with Crippen molar-refractivity contribution < 1.29 is 9.59 Å². The van der Waals surface area contributed by atoms with Gasteiger partial charge < -0.3 is 16.0 Å². The van der Waals surface area contributed by atoms with E-state index in [9.17, 15) is 9.59 Å². The first-order chi connectivity index (χ1) is 15.1. The number of thiazole rings is 1. The monoisotopic (exact) mass is 458 g/mol. The smallest absolute Gasteiger partial charge is 0.243 e. The molecule has 0 aliphatic carbocycles. The summed E-state index contributed by atoms with van der Waals surface area (Å²) in [4.78, 5) is 32.9. The normalized spacial score (nSPS) is 17.9. The zero-order chi connectivity index (χ0) is 24.1. The second-order valence-electron chi connectivity index (χ2n) is 9.15. The fourth-order valence-electron chi connectivity index (χ4n) is 3.75. The summed E-state index contributed by atoms with van der Waals surface area (Å²) in [5.41, 5.74) is 10.8. The lowest BCUT2D eigenvalue weighted by Gasteiger charge is -2.33. The standard InChI is InChI=1S/C23H32N4O2S.C2H6/c1-14(16-8-10-17(11-9-16)19-15(2)25-13-30-19)26-21(28)18-7-6-12-27(18)22(29)20(24)23(3,4)5;1-2/h8-11,13-14,18,20H,6-7,12,24H2,1-5H3,(H,26,28);1-2H3/t14-,18-,20?;/m0./s1. The average molecular weight is 459 g/mol. The predicted molar refractivity (Wildman–Crippen MR) is 132 cm³/mol. The number of likely N-dealkylation sites (tertiary alicyclic amines) is 1. The first kappa shape index (κ1) is 26.0. The van der Waals surface area contributed by atoms with Gasteiger partial charge in [-0.1, -0.05) is 58.9 Å². The Hall–Kier alpha value is -2.25. The molecule has 1 aliphatic heterocycles. The Kier molecular flexibility index (Phi) is 8.98. The SMILES string of the molecule is CC.Cc1ncsc1-c1ccc([C@H](C)NC(=O)[C@@H]2CCCN2C(=O)C(N)C(C)(C)C)cc1. The molecular formula is C25H38N4O2S. The van der Waals surface area contributed by atoms with Gasteiger partial charge in [-0.25, -0.2) is 4.98 Å². The molecule has 2 aromatic rings. The maximum Gasteiger partial charge on any atom is 0.243 e. The molecule has 3 atom stereocenters. The van der Waals surface area contributed by atoms with E-state index in [1.54, 1.807) is 16.2 Å². The van der Waals surface area contributed by atoms with E-state index in [4.69, 9.17) is 5.73 Å². The molecule has 1 saturated heterocycles. The summed E-state index contributed by atoms with van der Waals surface area (Å²) in [5, 5.41) is 3.08. The van der Waals surface area contributed by atoms with E-state index in [1.165, 1.54) is 0 Å². The third kappa shape index (κ3) is 5.95. The number of amides is 2. The van der Waals surface area contributed by atoms with Crippen LogP contribution in [0.4, 0.5) is 0 Å². The van der Waals surface area contributed by atoms with Gasteiger partial charge in [0.25, 0.3) is 0 Å². The summed E-state index contributed by atoms with van der Waals surface area (Å²) < 4.78 is 0. The molecule has 1 aliphatic rings. The average Bonchev–Trinajstić information content (AvgIpc) is 3.42. The van der Waals surface area contributed by atoms with Crippen LogP contribution >= 0.6 is 11.3 Å². The summed E-state index contributed by atoms with van der Waals surface area (Å²) in [6.45, 7) is 14.4. The van der Waals surface area contributed by atoms with Crippen LogP contribution in [0.3, 0.4) is 0 Å². The van der Waals surface area contributed by atoms with Crippen LogP contribution in [0.15, 0.2) is 29.8 Å². The highest BCUT2D eigenvalue weighted by atomic mass is 32.1. The van der Waals surface area contributed by atoms with Gasteiger partial charge in [0.05, 0.1) is 28.2 Å². The number of benzene rings is 1. The van der Waals surface area contributed by atoms with Crippen molar-refractivity contribution in [2.24, 2.45) is 11.1 Å². The molecular weight excluding hydrogens is 420 g/mol. The zero-order valence-electron chi connectivity index (χ0n) is 20.4. The molecule has 2 heterocycles. The number of nitrogens with zero attached hydrogens (tertiary/aromatic N) is 2. The Morgan fingerprint density at radius 3 is 2.38 bits per heavy atom. The molecule has 7 heteroatoms. The molecule has 3 N–H and O–H groups in total. The molecule has 6 nitrogen and oxygen atoms in total. The zero-order valence-corrected chi connectivity index (χ0v) is 21.3. The second-order valence-corrected chi connectivity index (χ2v) is 10.0. The third-order valence-electron chi connectivity index (χ3n) is 5.81. The first-order valence-electron chi connectivity index (χ1n) is 11.5. The molecule has 0 spiro atoms. The van der Waals surface area contributed by atoms with Gasteiger partial charge in [-0.2, -0.15) is 0 Å². The van der Waals surface area contributed by atoms with Crippen LogP contribution in [0.2, 0.25) is 0 Å². The van der Waals surface area contributed by atoms with Crippen molar-refractivity contribution in [2.45, 2.75) is 79.4 Å². The molecule has 3 rings (SSSR count). The second kappa shape index (κ2) is 11.1. The molecule has 0 saturated carbocycles. The summed E-state index contributed by atoms with van der Waals surface area (Å²) in [5.74, 6) is -0.256. The maximum absolute atomic E-state index is 13.0. The van der Waals surface area contributed by atoms with Crippen LogP contribution in [0.25, 0.3) is 10.4 Å². The van der Waals surface area contributed by atoms with E-state index in [-0.39, 0.29) is 23.3 Å². The number of aryl methyl sites for hydroxylation is 1. The summed E-state index contributed by atoms with van der Waals surface area (Å²) >= 11 is 1.62. The highest BCUT2D eigenvalue weighted by Crippen LogP contribution is 2.29. The number of hydrogen-bond donors (Lipinski definition) is 2. The minimum absolute atomic E-state index is 0.114. The number of carbonyl (C=O) groups excluding carboxylic acids is 2. The van der Waals surface area contributed by atoms with Crippen molar-refractivity contribution in [1.82, 2.24) is 15.2 Å². The van der Waals surface area contributed by atoms with Gasteiger partial charge >= 0.3 is 0 Å². The summed E-state index contributed by atoms with van der Waals surface area (Å²) in [6.07, 6.45) is 1.49. The van der Waals surface area contributed by atoms with Crippen molar-refractivity contribution in [3.05, 3.63) is 41.0 Å². The van der Waals surface area contributed by atoms with Crippen molar-refractivity contribution in [1.29, 1.82) is 0 Å². The highest BCUT2D eigenvalue weighted by Gasteiger charge is 2.39. The maximum atomic E-state index is 13.0. The lowest BCUT2D eigenvalue weighted by atomic mass is 9.86. The quantitative estimate of drug-likeness (QED) is 0.680.